The van der Waals surface area contributed by atoms with Crippen molar-refractivity contribution in [1.29, 1.82) is 0 Å². The predicted molar refractivity (Wildman–Crippen MR) is 94.3 cm³/mol. The normalized spacial score (nSPS) is 14.0. The van der Waals surface area contributed by atoms with E-state index in [0.717, 1.165) is 32.5 Å². The molecular formula is C19H26N2O2. The summed E-state index contributed by atoms with van der Waals surface area (Å²) in [6.45, 7) is 4.38. The Balaban J connectivity index is 1.82. The van der Waals surface area contributed by atoms with Crippen molar-refractivity contribution < 1.29 is 4.74 Å². The van der Waals surface area contributed by atoms with Crippen LogP contribution in [0.1, 0.15) is 24.8 Å². The minimum atomic E-state index is 0.339. The van der Waals surface area contributed by atoms with E-state index in [2.05, 4.69) is 52.6 Å². The molecule has 0 radical (unpaired) electrons. The molecule has 0 N–H and O–H groups in total. The molecule has 2 rings (SSSR count). The Labute approximate surface area is 138 Å². The van der Waals surface area contributed by atoms with Gasteiger partial charge in [-0.2, -0.15) is 4.91 Å². The van der Waals surface area contributed by atoms with Gasteiger partial charge in [0.05, 0.1) is 13.2 Å². The monoisotopic (exact) mass is 314 g/mol. The summed E-state index contributed by atoms with van der Waals surface area (Å²) >= 11 is 0. The molecule has 0 saturated carbocycles. The summed E-state index contributed by atoms with van der Waals surface area (Å²) in [6, 6.07) is 10.5. The lowest BCUT2D eigenvalue weighted by Crippen LogP contribution is -2.29. The van der Waals surface area contributed by atoms with Gasteiger partial charge in [-0.05, 0) is 30.4 Å². The Kier molecular flexibility index (Phi) is 8.30. The van der Waals surface area contributed by atoms with Crippen LogP contribution < -0.4 is 0 Å². The Bertz CT molecular complexity index is 511. The molecule has 0 amide bonds. The second kappa shape index (κ2) is 10.9. The summed E-state index contributed by atoms with van der Waals surface area (Å²) in [6.07, 6.45) is 9.80. The van der Waals surface area contributed by atoms with Gasteiger partial charge in [0.2, 0.25) is 0 Å². The molecule has 0 spiro atoms. The molecule has 23 heavy (non-hydrogen) atoms. The molecule has 0 bridgehead atoms. The molecule has 1 aliphatic carbocycles. The number of hydrogen-bond acceptors (Lipinski definition) is 4. The van der Waals surface area contributed by atoms with Crippen molar-refractivity contribution in [3.05, 3.63) is 64.6 Å². The molecule has 124 valence electrons. The molecule has 4 heteroatoms. The van der Waals surface area contributed by atoms with Crippen LogP contribution >= 0.6 is 0 Å². The lowest BCUT2D eigenvalue weighted by atomic mass is 10.1. The average Bonchev–Trinajstić information content (AvgIpc) is 2.60. The molecule has 4 nitrogen and oxygen atoms in total. The van der Waals surface area contributed by atoms with Gasteiger partial charge in [0, 0.05) is 26.2 Å². The highest BCUT2D eigenvalue weighted by molar-refractivity contribution is 5.24. The van der Waals surface area contributed by atoms with Crippen LogP contribution in [-0.2, 0) is 11.3 Å². The summed E-state index contributed by atoms with van der Waals surface area (Å²) in [7, 11) is 0. The number of hydrogen-bond donors (Lipinski definition) is 0. The maximum absolute atomic E-state index is 10.0. The van der Waals surface area contributed by atoms with Crippen molar-refractivity contribution in [2.24, 2.45) is 5.18 Å². The number of ether oxygens (including phenoxy) is 1. The van der Waals surface area contributed by atoms with Crippen LogP contribution in [0, 0.1) is 4.91 Å². The minimum Gasteiger partial charge on any atom is -0.380 e. The Hall–Kier alpha value is -1.78. The Morgan fingerprint density at radius 1 is 1.09 bits per heavy atom. The molecule has 0 atom stereocenters. The quantitative estimate of drug-likeness (QED) is 0.459. The molecule has 0 unspecified atom stereocenters. The summed E-state index contributed by atoms with van der Waals surface area (Å²) in [5, 5.41) is 2.85. The van der Waals surface area contributed by atoms with Crippen molar-refractivity contribution in [1.82, 2.24) is 4.90 Å². The van der Waals surface area contributed by atoms with Crippen LogP contribution in [0.4, 0.5) is 0 Å². The van der Waals surface area contributed by atoms with E-state index in [9.17, 15) is 4.91 Å². The number of allylic oxidation sites excluding steroid dienone is 2. The second-order valence-electron chi connectivity index (χ2n) is 5.77. The third kappa shape index (κ3) is 7.35. The fraction of sp³-hybridized carbons (Fsp3) is 0.474. The summed E-state index contributed by atoms with van der Waals surface area (Å²) in [5.41, 5.74) is 2.70. The van der Waals surface area contributed by atoms with Crippen molar-refractivity contribution >= 4 is 0 Å². The van der Waals surface area contributed by atoms with Gasteiger partial charge in [0.25, 0.3) is 0 Å². The van der Waals surface area contributed by atoms with E-state index in [-0.39, 0.29) is 0 Å². The van der Waals surface area contributed by atoms with Crippen molar-refractivity contribution in [2.45, 2.75) is 25.8 Å². The van der Waals surface area contributed by atoms with Gasteiger partial charge in [-0.15, -0.1) is 0 Å². The van der Waals surface area contributed by atoms with Crippen LogP contribution in [0.15, 0.2) is 59.3 Å². The summed E-state index contributed by atoms with van der Waals surface area (Å²) in [5.74, 6) is 0. The average molecular weight is 314 g/mol. The van der Waals surface area contributed by atoms with E-state index in [1.807, 2.05) is 6.07 Å². The molecule has 1 aromatic carbocycles. The lowest BCUT2D eigenvalue weighted by molar-refractivity contribution is 0.104. The van der Waals surface area contributed by atoms with E-state index in [4.69, 9.17) is 4.74 Å². The zero-order chi connectivity index (χ0) is 16.2. The standard InChI is InChI=1S/C19H26N2O2/c22-20-12-7-14-23-15-13-21(16-18-8-3-1-4-9-18)17-19-10-5-2-6-11-19/h1,3-5,8-11H,2,6-7,12-17H2. The van der Waals surface area contributed by atoms with Gasteiger partial charge < -0.3 is 4.74 Å². The van der Waals surface area contributed by atoms with E-state index in [1.54, 1.807) is 0 Å². The minimum absolute atomic E-state index is 0.339. The van der Waals surface area contributed by atoms with Crippen molar-refractivity contribution in [3.8, 4) is 0 Å². The highest BCUT2D eigenvalue weighted by Crippen LogP contribution is 2.13. The topological polar surface area (TPSA) is 41.9 Å². The third-order valence-corrected chi connectivity index (χ3v) is 3.82. The first-order chi connectivity index (χ1) is 11.4. The summed E-state index contributed by atoms with van der Waals surface area (Å²) in [4.78, 5) is 12.5. The second-order valence-corrected chi connectivity index (χ2v) is 5.77. The van der Waals surface area contributed by atoms with Crippen LogP contribution in [-0.4, -0.2) is 37.7 Å². The molecular weight excluding hydrogens is 288 g/mol. The van der Waals surface area contributed by atoms with Crippen LogP contribution in [0.25, 0.3) is 0 Å². The first-order valence-electron chi connectivity index (χ1n) is 8.37. The Morgan fingerprint density at radius 3 is 2.70 bits per heavy atom. The van der Waals surface area contributed by atoms with Gasteiger partial charge in [-0.3, -0.25) is 4.90 Å². The number of nitroso groups, excluding NO2 is 1. The number of rotatable bonds is 11. The van der Waals surface area contributed by atoms with Crippen LogP contribution in [0.3, 0.4) is 0 Å². The number of benzene rings is 1. The van der Waals surface area contributed by atoms with Crippen LogP contribution in [0.2, 0.25) is 0 Å². The van der Waals surface area contributed by atoms with Gasteiger partial charge in [0.15, 0.2) is 0 Å². The van der Waals surface area contributed by atoms with Crippen molar-refractivity contribution in [2.75, 3.05) is 32.8 Å². The van der Waals surface area contributed by atoms with Gasteiger partial charge in [0.1, 0.15) is 0 Å². The zero-order valence-corrected chi connectivity index (χ0v) is 13.7. The highest BCUT2D eigenvalue weighted by Gasteiger charge is 2.09. The molecule has 0 aromatic heterocycles. The third-order valence-electron chi connectivity index (χ3n) is 3.82. The maximum atomic E-state index is 10.0. The fourth-order valence-electron chi connectivity index (χ4n) is 2.63. The molecule has 1 aliphatic rings. The van der Waals surface area contributed by atoms with Gasteiger partial charge in [-0.25, -0.2) is 0 Å². The largest absolute Gasteiger partial charge is 0.380 e. The first kappa shape index (κ1) is 17.6. The molecule has 1 aromatic rings. The van der Waals surface area contributed by atoms with Gasteiger partial charge >= 0.3 is 0 Å². The number of nitrogens with zero attached hydrogens (tertiary/aromatic N) is 2. The van der Waals surface area contributed by atoms with E-state index < -0.39 is 0 Å². The fourth-order valence-corrected chi connectivity index (χ4v) is 2.63. The van der Waals surface area contributed by atoms with Crippen molar-refractivity contribution in [3.63, 3.8) is 0 Å². The molecule has 0 heterocycles. The van der Waals surface area contributed by atoms with Crippen LogP contribution in [0.5, 0.6) is 0 Å². The molecule has 0 fully saturated rings. The zero-order valence-electron chi connectivity index (χ0n) is 13.7. The first-order valence-corrected chi connectivity index (χ1v) is 8.37. The highest BCUT2D eigenvalue weighted by atomic mass is 16.5. The molecule has 0 saturated heterocycles. The van der Waals surface area contributed by atoms with E-state index >= 15 is 0 Å². The van der Waals surface area contributed by atoms with E-state index in [0.29, 0.717) is 26.2 Å². The predicted octanol–water partition coefficient (Wildman–Crippen LogP) is 3.94. The smallest absolute Gasteiger partial charge is 0.0833 e. The SMILES string of the molecule is O=NCCCOCCN(CC1=CCCC=C1)Cc1ccccc1. The summed E-state index contributed by atoms with van der Waals surface area (Å²) < 4.78 is 5.62. The maximum Gasteiger partial charge on any atom is 0.0833 e. The van der Waals surface area contributed by atoms with E-state index in [1.165, 1.54) is 11.1 Å². The molecule has 0 aliphatic heterocycles. The Morgan fingerprint density at radius 2 is 1.96 bits per heavy atom. The van der Waals surface area contributed by atoms with Gasteiger partial charge in [-0.1, -0.05) is 53.7 Å². The lowest BCUT2D eigenvalue weighted by Gasteiger charge is -2.24.